The van der Waals surface area contributed by atoms with Crippen molar-refractivity contribution in [3.8, 4) is 0 Å². The van der Waals surface area contributed by atoms with E-state index in [4.69, 9.17) is 5.11 Å². The Morgan fingerprint density at radius 2 is 1.65 bits per heavy atom. The molecule has 0 bridgehead atoms. The fraction of sp³-hybridized carbons (Fsp3) is 0.467. The molecule has 0 saturated heterocycles. The van der Waals surface area contributed by atoms with Crippen LogP contribution in [-0.2, 0) is 16.1 Å². The van der Waals surface area contributed by atoms with Gasteiger partial charge in [0.05, 0.1) is 5.41 Å². The van der Waals surface area contributed by atoms with E-state index in [1.165, 1.54) is 12.1 Å². The predicted octanol–water partition coefficient (Wildman–Crippen LogP) is 3.22. The number of alkyl halides is 3. The molecule has 1 aromatic carbocycles. The van der Waals surface area contributed by atoms with Crippen molar-refractivity contribution in [2.24, 2.45) is 5.41 Å². The Hall–Kier alpha value is -2.12. The lowest BCUT2D eigenvalue weighted by Gasteiger charge is -2.30. The summed E-state index contributed by atoms with van der Waals surface area (Å²) in [5.41, 5.74) is -1.85. The van der Waals surface area contributed by atoms with Gasteiger partial charge >= 0.3 is 12.1 Å². The Morgan fingerprint density at radius 3 is 2.09 bits per heavy atom. The molecule has 1 aromatic rings. The number of rotatable bonds is 6. The van der Waals surface area contributed by atoms with Crippen LogP contribution in [0.25, 0.3) is 0 Å². The van der Waals surface area contributed by atoms with Gasteiger partial charge in [-0.1, -0.05) is 26.0 Å². The van der Waals surface area contributed by atoms with Gasteiger partial charge in [0.1, 0.15) is 12.4 Å². The highest BCUT2D eigenvalue weighted by molar-refractivity contribution is 5.81. The van der Waals surface area contributed by atoms with E-state index in [0.717, 1.165) is 30.9 Å². The molecular formula is C15H17F4NO3. The summed E-state index contributed by atoms with van der Waals surface area (Å²) in [6.07, 6.45) is -5.46. The lowest BCUT2D eigenvalue weighted by Crippen LogP contribution is -2.41. The monoisotopic (exact) mass is 335 g/mol. The Balaban J connectivity index is 2.91. The van der Waals surface area contributed by atoms with Gasteiger partial charge in [-0.2, -0.15) is 13.2 Å². The summed E-state index contributed by atoms with van der Waals surface area (Å²) >= 11 is 0. The Bertz CT molecular complexity index is 567. The zero-order chi connectivity index (χ0) is 17.8. The topological polar surface area (TPSA) is 57.6 Å². The van der Waals surface area contributed by atoms with Gasteiger partial charge in [-0.15, -0.1) is 0 Å². The third kappa shape index (κ3) is 5.54. The zero-order valence-electron chi connectivity index (χ0n) is 12.7. The lowest BCUT2D eigenvalue weighted by atomic mass is 9.88. The predicted molar refractivity (Wildman–Crippen MR) is 73.9 cm³/mol. The molecule has 0 radical (unpaired) electrons. The van der Waals surface area contributed by atoms with E-state index < -0.39 is 42.3 Å². The first-order valence-corrected chi connectivity index (χ1v) is 6.73. The van der Waals surface area contributed by atoms with Crippen molar-refractivity contribution in [3.05, 3.63) is 35.6 Å². The second-order valence-electron chi connectivity index (χ2n) is 5.83. The van der Waals surface area contributed by atoms with Crippen LogP contribution in [0.1, 0.15) is 25.8 Å². The first kappa shape index (κ1) is 18.9. The highest BCUT2D eigenvalue weighted by Gasteiger charge is 2.48. The van der Waals surface area contributed by atoms with Gasteiger partial charge in [0.15, 0.2) is 0 Å². The summed E-state index contributed by atoms with van der Waals surface area (Å²) in [6, 6.07) is 4.93. The number of carboxylic acid groups (broad SMARTS) is 1. The molecule has 0 heterocycles. The van der Waals surface area contributed by atoms with Crippen molar-refractivity contribution >= 4 is 11.9 Å². The number of benzene rings is 1. The van der Waals surface area contributed by atoms with Crippen LogP contribution in [0.4, 0.5) is 17.6 Å². The number of carboxylic acids is 1. The van der Waals surface area contributed by atoms with E-state index in [9.17, 15) is 27.2 Å². The minimum Gasteiger partial charge on any atom is -0.480 e. The molecule has 8 heteroatoms. The molecule has 0 saturated carbocycles. The summed E-state index contributed by atoms with van der Waals surface area (Å²) in [5, 5.41) is 8.84. The average Bonchev–Trinajstić information content (AvgIpc) is 2.38. The quantitative estimate of drug-likeness (QED) is 0.812. The summed E-state index contributed by atoms with van der Waals surface area (Å²) in [5.74, 6) is -2.78. The minimum absolute atomic E-state index is 0.209. The van der Waals surface area contributed by atoms with E-state index in [1.807, 2.05) is 0 Å². The molecule has 0 unspecified atom stereocenters. The molecule has 0 atom stereocenters. The largest absolute Gasteiger partial charge is 0.480 e. The van der Waals surface area contributed by atoms with Crippen LogP contribution >= 0.6 is 0 Å². The number of halogens is 4. The van der Waals surface area contributed by atoms with Crippen molar-refractivity contribution in [2.45, 2.75) is 33.0 Å². The van der Waals surface area contributed by atoms with E-state index >= 15 is 0 Å². The van der Waals surface area contributed by atoms with Crippen LogP contribution < -0.4 is 0 Å². The van der Waals surface area contributed by atoms with Crippen LogP contribution in [-0.4, -0.2) is 34.6 Å². The van der Waals surface area contributed by atoms with Crippen molar-refractivity contribution in [1.29, 1.82) is 0 Å². The number of carbonyl (C=O) groups excluding carboxylic acids is 1. The standard InChI is InChI=1S/C15H17F4NO3/c1-14(2,15(17,18)19)7-12(21)20(9-13(22)23)8-10-3-5-11(16)6-4-10/h3-6H,7-9H2,1-2H3,(H,22,23). The first-order valence-electron chi connectivity index (χ1n) is 6.73. The number of aliphatic carboxylic acids is 1. The van der Waals surface area contributed by atoms with Gasteiger partial charge in [0.25, 0.3) is 0 Å². The molecule has 0 aromatic heterocycles. The van der Waals surface area contributed by atoms with E-state index in [1.54, 1.807) is 0 Å². The SMILES string of the molecule is CC(C)(CC(=O)N(CC(=O)O)Cc1ccc(F)cc1)C(F)(F)F. The molecule has 4 nitrogen and oxygen atoms in total. The molecule has 0 aliphatic carbocycles. The summed E-state index contributed by atoms with van der Waals surface area (Å²) in [6.45, 7) is 0.812. The van der Waals surface area contributed by atoms with Crippen LogP contribution in [0.5, 0.6) is 0 Å². The van der Waals surface area contributed by atoms with E-state index in [-0.39, 0.29) is 6.54 Å². The maximum Gasteiger partial charge on any atom is 0.394 e. The Kier molecular flexibility index (Phi) is 5.74. The second-order valence-corrected chi connectivity index (χ2v) is 5.83. The normalized spacial score (nSPS) is 12.1. The number of hydrogen-bond donors (Lipinski definition) is 1. The summed E-state index contributed by atoms with van der Waals surface area (Å²) in [4.78, 5) is 23.8. The molecular weight excluding hydrogens is 318 g/mol. The van der Waals surface area contributed by atoms with Crippen molar-refractivity contribution in [1.82, 2.24) is 4.90 Å². The van der Waals surface area contributed by atoms with Crippen LogP contribution in [0.15, 0.2) is 24.3 Å². The Labute approximate surface area is 130 Å². The molecule has 0 spiro atoms. The fourth-order valence-corrected chi connectivity index (χ4v) is 1.80. The smallest absolute Gasteiger partial charge is 0.394 e. The number of amides is 1. The third-order valence-corrected chi connectivity index (χ3v) is 3.33. The van der Waals surface area contributed by atoms with Crippen LogP contribution in [0.2, 0.25) is 0 Å². The number of hydrogen-bond acceptors (Lipinski definition) is 2. The van der Waals surface area contributed by atoms with E-state index in [2.05, 4.69) is 0 Å². The van der Waals surface area contributed by atoms with E-state index in [0.29, 0.717) is 5.56 Å². The lowest BCUT2D eigenvalue weighted by molar-refractivity contribution is -0.215. The molecule has 128 valence electrons. The molecule has 0 aliphatic heterocycles. The maximum absolute atomic E-state index is 12.9. The number of nitrogens with zero attached hydrogens (tertiary/aromatic N) is 1. The maximum atomic E-state index is 12.9. The highest BCUT2D eigenvalue weighted by atomic mass is 19.4. The molecule has 1 rings (SSSR count). The third-order valence-electron chi connectivity index (χ3n) is 3.33. The number of carbonyl (C=O) groups is 2. The highest BCUT2D eigenvalue weighted by Crippen LogP contribution is 2.40. The molecule has 0 fully saturated rings. The van der Waals surface area contributed by atoms with Gasteiger partial charge in [-0.05, 0) is 17.7 Å². The molecule has 0 aliphatic rings. The van der Waals surface area contributed by atoms with Gasteiger partial charge in [-0.3, -0.25) is 9.59 Å². The summed E-state index contributed by atoms with van der Waals surface area (Å²) < 4.78 is 51.4. The molecule has 1 amide bonds. The van der Waals surface area contributed by atoms with Crippen molar-refractivity contribution < 1.29 is 32.3 Å². The minimum atomic E-state index is -4.59. The van der Waals surface area contributed by atoms with Crippen molar-refractivity contribution in [3.63, 3.8) is 0 Å². The molecule has 23 heavy (non-hydrogen) atoms. The Morgan fingerprint density at radius 1 is 1.13 bits per heavy atom. The zero-order valence-corrected chi connectivity index (χ0v) is 12.7. The van der Waals surface area contributed by atoms with Gasteiger partial charge < -0.3 is 10.0 Å². The summed E-state index contributed by atoms with van der Waals surface area (Å²) in [7, 11) is 0. The van der Waals surface area contributed by atoms with Gasteiger partial charge in [-0.25, -0.2) is 4.39 Å². The van der Waals surface area contributed by atoms with Crippen LogP contribution in [0.3, 0.4) is 0 Å². The van der Waals surface area contributed by atoms with Gasteiger partial charge in [0.2, 0.25) is 5.91 Å². The van der Waals surface area contributed by atoms with Gasteiger partial charge in [0, 0.05) is 13.0 Å². The first-order chi connectivity index (χ1) is 10.4. The average molecular weight is 335 g/mol. The second kappa shape index (κ2) is 6.97. The fourth-order valence-electron chi connectivity index (χ4n) is 1.80. The van der Waals surface area contributed by atoms with Crippen molar-refractivity contribution in [2.75, 3.05) is 6.54 Å². The molecule has 1 N–H and O–H groups in total. The van der Waals surface area contributed by atoms with Crippen LogP contribution in [0, 0.1) is 11.2 Å².